The molecule has 0 saturated heterocycles. The van der Waals surface area contributed by atoms with Gasteiger partial charge in [0.25, 0.3) is 8.38 Å². The maximum atomic E-state index is 5.96. The van der Waals surface area contributed by atoms with Gasteiger partial charge in [-0.25, -0.2) is 0 Å². The minimum absolute atomic E-state index is 0.645. The number of rotatable bonds is 5. The molecule has 0 aliphatic carbocycles. The number of aryl methyl sites for hydroxylation is 1. The second-order valence-electron chi connectivity index (χ2n) is 3.92. The summed E-state index contributed by atoms with van der Waals surface area (Å²) in [4.78, 5) is 0. The molecule has 2 nitrogen and oxygen atoms in total. The second-order valence-corrected chi connectivity index (χ2v) is 5.39. The first kappa shape index (κ1) is 13.1. The first-order valence-electron chi connectivity index (χ1n) is 6.02. The molecule has 0 aliphatic rings. The molecule has 1 unspecified atom stereocenters. The quantitative estimate of drug-likeness (QED) is 0.755. The van der Waals surface area contributed by atoms with Crippen molar-refractivity contribution in [2.75, 3.05) is 6.61 Å². The molecule has 2 aromatic carbocycles. The van der Waals surface area contributed by atoms with Crippen molar-refractivity contribution in [3.8, 4) is 5.75 Å². The summed E-state index contributed by atoms with van der Waals surface area (Å²) in [6.07, 6.45) is 0. The number of hydrogen-bond donors (Lipinski definition) is 0. The SMILES string of the molecule is CCOP(Oc1cccc(C)c1)c1ccccc1. The van der Waals surface area contributed by atoms with Crippen LogP contribution >= 0.6 is 8.38 Å². The molecule has 0 saturated carbocycles. The van der Waals surface area contributed by atoms with Gasteiger partial charge >= 0.3 is 0 Å². The molecule has 0 amide bonds. The average molecular weight is 260 g/mol. The van der Waals surface area contributed by atoms with Crippen LogP contribution in [0, 0.1) is 6.92 Å². The highest BCUT2D eigenvalue weighted by molar-refractivity contribution is 7.56. The van der Waals surface area contributed by atoms with Gasteiger partial charge in [0.05, 0.1) is 6.61 Å². The van der Waals surface area contributed by atoms with Gasteiger partial charge in [-0.2, -0.15) is 0 Å². The Labute approximate surface area is 109 Å². The highest BCUT2D eigenvalue weighted by Gasteiger charge is 2.14. The minimum atomic E-state index is -1.04. The van der Waals surface area contributed by atoms with Crippen molar-refractivity contribution in [3.05, 3.63) is 60.2 Å². The van der Waals surface area contributed by atoms with Gasteiger partial charge in [0.15, 0.2) is 0 Å². The number of hydrogen-bond acceptors (Lipinski definition) is 2. The van der Waals surface area contributed by atoms with Crippen molar-refractivity contribution in [3.63, 3.8) is 0 Å². The Kier molecular flexibility index (Phi) is 4.74. The van der Waals surface area contributed by atoms with E-state index in [1.165, 1.54) is 5.56 Å². The highest BCUT2D eigenvalue weighted by atomic mass is 31.2. The molecule has 0 radical (unpaired) electrons. The topological polar surface area (TPSA) is 18.5 Å². The lowest BCUT2D eigenvalue weighted by Gasteiger charge is -2.17. The maximum Gasteiger partial charge on any atom is 0.265 e. The zero-order valence-electron chi connectivity index (χ0n) is 10.7. The normalized spacial score (nSPS) is 12.1. The first-order valence-corrected chi connectivity index (χ1v) is 7.20. The molecular weight excluding hydrogens is 243 g/mol. The summed E-state index contributed by atoms with van der Waals surface area (Å²) in [5, 5.41) is 1.09. The molecule has 2 rings (SSSR count). The van der Waals surface area contributed by atoms with Gasteiger partial charge in [0.1, 0.15) is 5.75 Å². The maximum absolute atomic E-state index is 5.96. The summed E-state index contributed by atoms with van der Waals surface area (Å²) < 4.78 is 11.7. The predicted octanol–water partition coefficient (Wildman–Crippen LogP) is 4.05. The van der Waals surface area contributed by atoms with E-state index >= 15 is 0 Å². The van der Waals surface area contributed by atoms with E-state index in [2.05, 4.69) is 13.0 Å². The molecule has 0 spiro atoms. The molecule has 0 aliphatic heterocycles. The van der Waals surface area contributed by atoms with Gasteiger partial charge in [-0.1, -0.05) is 30.3 Å². The molecule has 94 valence electrons. The zero-order valence-corrected chi connectivity index (χ0v) is 11.6. The van der Waals surface area contributed by atoms with E-state index < -0.39 is 8.38 Å². The molecule has 0 N–H and O–H groups in total. The molecule has 3 heteroatoms. The number of benzene rings is 2. The van der Waals surface area contributed by atoms with Crippen molar-refractivity contribution in [1.82, 2.24) is 0 Å². The van der Waals surface area contributed by atoms with Crippen LogP contribution in [0.5, 0.6) is 5.75 Å². The smallest absolute Gasteiger partial charge is 0.265 e. The van der Waals surface area contributed by atoms with Crippen LogP contribution in [0.3, 0.4) is 0 Å². The van der Waals surface area contributed by atoms with Crippen LogP contribution < -0.4 is 9.83 Å². The zero-order chi connectivity index (χ0) is 12.8. The Balaban J connectivity index is 2.16. The third kappa shape index (κ3) is 3.56. The molecule has 0 heterocycles. The first-order chi connectivity index (χ1) is 8.79. The summed E-state index contributed by atoms with van der Waals surface area (Å²) >= 11 is 0. The van der Waals surface area contributed by atoms with E-state index in [0.29, 0.717) is 6.61 Å². The van der Waals surface area contributed by atoms with Crippen LogP contribution in [-0.4, -0.2) is 6.61 Å². The molecule has 0 bridgehead atoms. The van der Waals surface area contributed by atoms with Crippen LogP contribution in [0.2, 0.25) is 0 Å². The lowest BCUT2D eigenvalue weighted by Crippen LogP contribution is -2.07. The summed E-state index contributed by atoms with van der Waals surface area (Å²) in [6.45, 7) is 4.68. The van der Waals surface area contributed by atoms with Crippen molar-refractivity contribution < 1.29 is 9.05 Å². The minimum Gasteiger partial charge on any atom is -0.444 e. The standard InChI is InChI=1S/C15H17O2P/c1-3-16-18(15-10-5-4-6-11-15)17-14-9-7-8-13(2)12-14/h4-12H,3H2,1-2H3. The van der Waals surface area contributed by atoms with Crippen LogP contribution in [-0.2, 0) is 4.52 Å². The monoisotopic (exact) mass is 260 g/mol. The lowest BCUT2D eigenvalue weighted by molar-refractivity contribution is 0.341. The fourth-order valence-electron chi connectivity index (χ4n) is 1.59. The van der Waals surface area contributed by atoms with Crippen LogP contribution in [0.1, 0.15) is 12.5 Å². The van der Waals surface area contributed by atoms with E-state index in [9.17, 15) is 0 Å². The summed E-state index contributed by atoms with van der Waals surface area (Å²) in [6, 6.07) is 18.1. The van der Waals surface area contributed by atoms with Crippen molar-refractivity contribution >= 4 is 13.7 Å². The molecule has 18 heavy (non-hydrogen) atoms. The third-order valence-electron chi connectivity index (χ3n) is 2.39. The van der Waals surface area contributed by atoms with Crippen molar-refractivity contribution in [2.24, 2.45) is 0 Å². The van der Waals surface area contributed by atoms with Gasteiger partial charge in [0, 0.05) is 5.30 Å². The van der Waals surface area contributed by atoms with Crippen molar-refractivity contribution in [1.29, 1.82) is 0 Å². The fourth-order valence-corrected chi connectivity index (χ4v) is 2.85. The Morgan fingerprint density at radius 2 is 1.78 bits per heavy atom. The fraction of sp³-hybridized carbons (Fsp3) is 0.200. The second kappa shape index (κ2) is 6.53. The summed E-state index contributed by atoms with van der Waals surface area (Å²) in [5.41, 5.74) is 1.19. The van der Waals surface area contributed by atoms with Crippen LogP contribution in [0.4, 0.5) is 0 Å². The molecular formula is C15H17O2P. The van der Waals surface area contributed by atoms with Gasteiger partial charge in [0.2, 0.25) is 0 Å². The molecule has 0 aromatic heterocycles. The third-order valence-corrected chi connectivity index (χ3v) is 3.98. The van der Waals surface area contributed by atoms with Gasteiger partial charge < -0.3 is 9.05 Å². The van der Waals surface area contributed by atoms with Crippen LogP contribution in [0.15, 0.2) is 54.6 Å². The molecule has 1 atom stereocenters. The van der Waals surface area contributed by atoms with E-state index in [1.807, 2.05) is 55.5 Å². The average Bonchev–Trinajstić information content (AvgIpc) is 2.39. The summed E-state index contributed by atoms with van der Waals surface area (Å²) in [7, 11) is -1.04. The van der Waals surface area contributed by atoms with Gasteiger partial charge in [-0.3, -0.25) is 0 Å². The van der Waals surface area contributed by atoms with Crippen molar-refractivity contribution in [2.45, 2.75) is 13.8 Å². The Hall–Kier alpha value is -1.37. The van der Waals surface area contributed by atoms with E-state index in [1.54, 1.807) is 0 Å². The largest absolute Gasteiger partial charge is 0.444 e. The van der Waals surface area contributed by atoms with Gasteiger partial charge in [-0.05, 0) is 43.7 Å². The molecule has 0 fully saturated rings. The van der Waals surface area contributed by atoms with E-state index in [4.69, 9.17) is 9.05 Å². The highest BCUT2D eigenvalue weighted by Crippen LogP contribution is 2.38. The molecule has 2 aromatic rings. The van der Waals surface area contributed by atoms with E-state index in [0.717, 1.165) is 11.1 Å². The summed E-state index contributed by atoms with van der Waals surface area (Å²) in [5.74, 6) is 0.860. The van der Waals surface area contributed by atoms with Crippen LogP contribution in [0.25, 0.3) is 0 Å². The Bertz CT molecular complexity index is 485. The lowest BCUT2D eigenvalue weighted by atomic mass is 10.2. The van der Waals surface area contributed by atoms with E-state index in [-0.39, 0.29) is 0 Å². The predicted molar refractivity (Wildman–Crippen MR) is 76.4 cm³/mol. The Morgan fingerprint density at radius 3 is 2.44 bits per heavy atom. The van der Waals surface area contributed by atoms with Gasteiger partial charge in [-0.15, -0.1) is 0 Å². The Morgan fingerprint density at radius 1 is 1.00 bits per heavy atom.